The van der Waals surface area contributed by atoms with E-state index in [1.165, 1.54) is 49.8 Å². The van der Waals surface area contributed by atoms with Crippen LogP contribution in [-0.2, 0) is 6.54 Å². The average Bonchev–Trinajstić information content (AvgIpc) is 2.50. The third-order valence-electron chi connectivity index (χ3n) is 5.38. The molecule has 3 nitrogen and oxygen atoms in total. The second-order valence-electron chi connectivity index (χ2n) is 6.95. The number of nitrogens with one attached hydrogen (secondary N) is 3. The van der Waals surface area contributed by atoms with Gasteiger partial charge >= 0.3 is 0 Å². The molecule has 2 aliphatic heterocycles. The van der Waals surface area contributed by atoms with E-state index in [1.807, 2.05) is 11.9 Å². The zero-order valence-electron chi connectivity index (χ0n) is 13.7. The van der Waals surface area contributed by atoms with Crippen LogP contribution in [0.15, 0.2) is 24.3 Å². The lowest BCUT2D eigenvalue weighted by molar-refractivity contribution is -0.973. The van der Waals surface area contributed by atoms with Gasteiger partial charge in [-0.25, -0.2) is 0 Å². The third kappa shape index (κ3) is 3.61. The Hall–Kier alpha value is -1.13. The summed E-state index contributed by atoms with van der Waals surface area (Å²) in [6.45, 7) is 3.34. The van der Waals surface area contributed by atoms with Crippen LogP contribution in [0.4, 0.5) is 0 Å². The van der Waals surface area contributed by atoms with Crippen molar-refractivity contribution in [3.8, 4) is 0 Å². The molecule has 120 valence electrons. The van der Waals surface area contributed by atoms with Crippen molar-refractivity contribution >= 4 is 17.3 Å². The molecule has 0 spiro atoms. The van der Waals surface area contributed by atoms with Crippen molar-refractivity contribution in [3.05, 3.63) is 35.4 Å². The maximum absolute atomic E-state index is 5.29. The molecule has 0 amide bonds. The number of piperidine rings is 2. The Balaban J connectivity index is 1.66. The summed E-state index contributed by atoms with van der Waals surface area (Å²) in [6.07, 6.45) is 6.62. The van der Waals surface area contributed by atoms with Crippen LogP contribution in [-0.4, -0.2) is 30.3 Å². The number of quaternary nitrogens is 1. The lowest BCUT2D eigenvalue weighted by atomic mass is 9.81. The van der Waals surface area contributed by atoms with E-state index in [0.717, 1.165) is 17.2 Å². The highest BCUT2D eigenvalue weighted by atomic mass is 32.1. The highest BCUT2D eigenvalue weighted by Crippen LogP contribution is 2.22. The first kappa shape index (κ1) is 15.8. The lowest BCUT2D eigenvalue weighted by Gasteiger charge is -2.46. The summed E-state index contributed by atoms with van der Waals surface area (Å²) in [6, 6.07) is 11.2. The van der Waals surface area contributed by atoms with Crippen LogP contribution in [0.25, 0.3) is 0 Å². The summed E-state index contributed by atoms with van der Waals surface area (Å²) in [5.41, 5.74) is 2.83. The van der Waals surface area contributed by atoms with Crippen LogP contribution in [0, 0.1) is 6.92 Å². The minimum Gasteiger partial charge on any atom is -0.366 e. The molecular weight excluding hydrogens is 290 g/mol. The molecule has 3 N–H and O–H groups in total. The van der Waals surface area contributed by atoms with E-state index in [2.05, 4.69) is 41.8 Å². The van der Waals surface area contributed by atoms with Crippen LogP contribution < -0.4 is 15.5 Å². The predicted octanol–water partition coefficient (Wildman–Crippen LogP) is 1.56. The fourth-order valence-electron chi connectivity index (χ4n) is 4.24. The molecule has 4 atom stereocenters. The van der Waals surface area contributed by atoms with Crippen molar-refractivity contribution in [2.45, 2.75) is 63.7 Å². The molecule has 2 saturated heterocycles. The van der Waals surface area contributed by atoms with Crippen molar-refractivity contribution in [2.24, 2.45) is 0 Å². The molecular formula is C18H28N3S+. The van der Waals surface area contributed by atoms with Crippen molar-refractivity contribution in [2.75, 3.05) is 7.05 Å². The molecule has 1 aromatic rings. The van der Waals surface area contributed by atoms with Crippen molar-refractivity contribution in [1.29, 1.82) is 0 Å². The van der Waals surface area contributed by atoms with E-state index in [1.54, 1.807) is 0 Å². The first-order valence-corrected chi connectivity index (χ1v) is 8.96. The largest absolute Gasteiger partial charge is 0.366 e. The normalized spacial score (nSPS) is 30.6. The summed E-state index contributed by atoms with van der Waals surface area (Å²) in [4.78, 5) is 1.81. The summed E-state index contributed by atoms with van der Waals surface area (Å²) in [7, 11) is 1.90. The molecule has 4 heteroatoms. The van der Waals surface area contributed by atoms with Crippen LogP contribution >= 0.6 is 12.2 Å². The Morgan fingerprint density at radius 1 is 1.18 bits per heavy atom. The highest BCUT2D eigenvalue weighted by molar-refractivity contribution is 7.80. The fourth-order valence-corrected chi connectivity index (χ4v) is 4.41. The number of benzene rings is 1. The Morgan fingerprint density at radius 3 is 2.41 bits per heavy atom. The number of rotatable bonds is 3. The van der Waals surface area contributed by atoms with Crippen LogP contribution in [0.2, 0.25) is 0 Å². The number of thiocarbonyl (C=S) groups is 1. The highest BCUT2D eigenvalue weighted by Gasteiger charge is 2.41. The van der Waals surface area contributed by atoms with Gasteiger partial charge < -0.3 is 15.5 Å². The molecule has 3 rings (SSSR count). The Morgan fingerprint density at radius 2 is 1.82 bits per heavy atom. The molecule has 2 heterocycles. The molecule has 2 bridgehead atoms. The van der Waals surface area contributed by atoms with E-state index in [4.69, 9.17) is 12.2 Å². The van der Waals surface area contributed by atoms with E-state index < -0.39 is 0 Å². The molecule has 2 aliphatic rings. The summed E-state index contributed by atoms with van der Waals surface area (Å²) in [5, 5.41) is 7.34. The van der Waals surface area contributed by atoms with Crippen molar-refractivity contribution < 1.29 is 4.90 Å². The van der Waals surface area contributed by atoms with Gasteiger partial charge in [-0.2, -0.15) is 0 Å². The Kier molecular flexibility index (Phi) is 4.99. The van der Waals surface area contributed by atoms with Gasteiger partial charge in [0, 0.05) is 31.5 Å². The number of hydrogen-bond donors (Lipinski definition) is 3. The third-order valence-corrected chi connectivity index (χ3v) is 5.71. The van der Waals surface area contributed by atoms with E-state index in [-0.39, 0.29) is 0 Å². The molecule has 0 aliphatic carbocycles. The molecule has 1 aromatic carbocycles. The fraction of sp³-hybridized carbons (Fsp3) is 0.611. The van der Waals surface area contributed by atoms with Gasteiger partial charge in [-0.3, -0.25) is 0 Å². The van der Waals surface area contributed by atoms with Gasteiger partial charge in [0.05, 0.1) is 12.1 Å². The second kappa shape index (κ2) is 6.97. The lowest BCUT2D eigenvalue weighted by Crippen LogP contribution is -3.20. The quantitative estimate of drug-likeness (QED) is 0.739. The molecule has 2 fully saturated rings. The average molecular weight is 319 g/mol. The Labute approximate surface area is 139 Å². The van der Waals surface area contributed by atoms with Gasteiger partial charge in [0.2, 0.25) is 0 Å². The molecule has 0 saturated carbocycles. The second-order valence-corrected chi connectivity index (χ2v) is 7.36. The molecule has 0 radical (unpaired) electrons. The monoisotopic (exact) mass is 318 g/mol. The smallest absolute Gasteiger partial charge is 0.166 e. The molecule has 2 unspecified atom stereocenters. The van der Waals surface area contributed by atoms with Gasteiger partial charge in [-0.05, 0) is 38.4 Å². The van der Waals surface area contributed by atoms with Crippen LogP contribution in [0.5, 0.6) is 0 Å². The number of fused-ring (bicyclic) bond motifs is 2. The zero-order valence-corrected chi connectivity index (χ0v) is 14.5. The summed E-state index contributed by atoms with van der Waals surface area (Å²) < 4.78 is 0. The van der Waals surface area contributed by atoms with E-state index in [9.17, 15) is 0 Å². The molecule has 22 heavy (non-hydrogen) atoms. The van der Waals surface area contributed by atoms with Crippen LogP contribution in [0.3, 0.4) is 0 Å². The van der Waals surface area contributed by atoms with Gasteiger partial charge in [-0.1, -0.05) is 29.8 Å². The van der Waals surface area contributed by atoms with Gasteiger partial charge in [0.1, 0.15) is 6.54 Å². The predicted molar refractivity (Wildman–Crippen MR) is 95.1 cm³/mol. The van der Waals surface area contributed by atoms with Crippen LogP contribution in [0.1, 0.15) is 43.2 Å². The first-order chi connectivity index (χ1) is 10.7. The van der Waals surface area contributed by atoms with Crippen molar-refractivity contribution in [1.82, 2.24) is 10.6 Å². The SMILES string of the molecule is CNC(=S)NC1C[C@H]2CCC[C@@H](C1)[NH+]2Cc1ccc(C)cc1. The number of hydrogen-bond acceptors (Lipinski definition) is 1. The topological polar surface area (TPSA) is 28.5 Å². The number of aryl methyl sites for hydroxylation is 1. The minimum atomic E-state index is 0.553. The minimum absolute atomic E-state index is 0.553. The van der Waals surface area contributed by atoms with Gasteiger partial charge in [-0.15, -0.1) is 0 Å². The molecule has 0 aromatic heterocycles. The summed E-state index contributed by atoms with van der Waals surface area (Å²) >= 11 is 5.29. The summed E-state index contributed by atoms with van der Waals surface area (Å²) in [5.74, 6) is 0. The van der Waals surface area contributed by atoms with Gasteiger partial charge in [0.25, 0.3) is 0 Å². The maximum atomic E-state index is 5.29. The standard InChI is InChI=1S/C18H27N3S/c1-13-6-8-14(9-7-13)12-21-16-4-3-5-17(21)11-15(10-16)20-18(22)19-2/h6-9,15-17H,3-5,10-12H2,1-2H3,(H2,19,20,22)/p+1/t15?,16-,17+. The maximum Gasteiger partial charge on any atom is 0.166 e. The zero-order chi connectivity index (χ0) is 15.5. The van der Waals surface area contributed by atoms with Gasteiger partial charge in [0.15, 0.2) is 5.11 Å². The van der Waals surface area contributed by atoms with E-state index >= 15 is 0 Å². The Bertz CT molecular complexity index is 500. The first-order valence-electron chi connectivity index (χ1n) is 8.55. The van der Waals surface area contributed by atoms with E-state index in [0.29, 0.717) is 6.04 Å². The van der Waals surface area contributed by atoms with Crippen molar-refractivity contribution in [3.63, 3.8) is 0 Å².